The molecule has 0 spiro atoms. The van der Waals surface area contributed by atoms with E-state index in [0.29, 0.717) is 10.8 Å². The predicted molar refractivity (Wildman–Crippen MR) is 71.0 cm³/mol. The lowest BCUT2D eigenvalue weighted by Gasteiger charge is -2.19. The highest BCUT2D eigenvalue weighted by Crippen LogP contribution is 2.24. The van der Waals surface area contributed by atoms with Crippen molar-refractivity contribution in [3.63, 3.8) is 0 Å². The number of hydrogen-bond acceptors (Lipinski definition) is 3. The molecule has 0 saturated heterocycles. The topological polar surface area (TPSA) is 67.0 Å². The molecule has 0 atom stereocenters. The molecule has 2 aromatic rings. The number of aromatic nitrogens is 2. The molecule has 0 fully saturated rings. The molecule has 0 radical (unpaired) electrons. The summed E-state index contributed by atoms with van der Waals surface area (Å²) in [6.45, 7) is 5.42. The summed E-state index contributed by atoms with van der Waals surface area (Å²) in [5.41, 5.74) is 0.830. The molecule has 0 aliphatic rings. The Balaban J connectivity index is 2.17. The second-order valence-electron chi connectivity index (χ2n) is 4.90. The normalized spacial score (nSPS) is 11.6. The van der Waals surface area contributed by atoms with Gasteiger partial charge in [-0.1, -0.05) is 11.6 Å². The molecule has 18 heavy (non-hydrogen) atoms. The van der Waals surface area contributed by atoms with Crippen LogP contribution in [0.25, 0.3) is 10.9 Å². The first-order chi connectivity index (χ1) is 8.35. The molecule has 1 amide bonds. The summed E-state index contributed by atoms with van der Waals surface area (Å²) in [6.07, 6.45) is -0.499. The second-order valence-corrected chi connectivity index (χ2v) is 5.27. The SMILES string of the molecule is CC(C)(C)OC(=O)Nc1ccc2n[nH]c(Cl)c2c1. The first-order valence-electron chi connectivity index (χ1n) is 5.49. The van der Waals surface area contributed by atoms with Crippen molar-refractivity contribution in [2.75, 3.05) is 5.32 Å². The molecule has 2 N–H and O–H groups in total. The van der Waals surface area contributed by atoms with Crippen LogP contribution in [0.5, 0.6) is 0 Å². The molecule has 6 heteroatoms. The number of halogens is 1. The number of aromatic amines is 1. The van der Waals surface area contributed by atoms with Gasteiger partial charge >= 0.3 is 6.09 Å². The summed E-state index contributed by atoms with van der Waals surface area (Å²) in [6, 6.07) is 5.25. The molecule has 1 heterocycles. The number of anilines is 1. The van der Waals surface area contributed by atoms with Crippen molar-refractivity contribution in [2.45, 2.75) is 26.4 Å². The summed E-state index contributed by atoms with van der Waals surface area (Å²) >= 11 is 5.93. The van der Waals surface area contributed by atoms with Crippen molar-refractivity contribution >= 4 is 34.3 Å². The van der Waals surface area contributed by atoms with Crippen LogP contribution in [0.15, 0.2) is 18.2 Å². The van der Waals surface area contributed by atoms with Crippen LogP contribution in [-0.4, -0.2) is 21.9 Å². The molecule has 0 unspecified atom stereocenters. The Bertz CT molecular complexity index is 587. The quantitative estimate of drug-likeness (QED) is 0.830. The molecule has 0 bridgehead atoms. The van der Waals surface area contributed by atoms with Crippen LogP contribution >= 0.6 is 11.6 Å². The zero-order chi connectivity index (χ0) is 13.3. The first kappa shape index (κ1) is 12.7. The lowest BCUT2D eigenvalue weighted by Crippen LogP contribution is -2.27. The molecule has 0 aliphatic carbocycles. The van der Waals surface area contributed by atoms with Crippen LogP contribution in [0.1, 0.15) is 20.8 Å². The summed E-state index contributed by atoms with van der Waals surface area (Å²) in [7, 11) is 0. The number of carbonyl (C=O) groups is 1. The average Bonchev–Trinajstić information content (AvgIpc) is 2.57. The van der Waals surface area contributed by atoms with Gasteiger partial charge in [-0.25, -0.2) is 4.79 Å². The predicted octanol–water partition coefficient (Wildman–Crippen LogP) is 3.56. The van der Waals surface area contributed by atoms with E-state index in [2.05, 4.69) is 15.5 Å². The van der Waals surface area contributed by atoms with E-state index < -0.39 is 11.7 Å². The van der Waals surface area contributed by atoms with E-state index in [4.69, 9.17) is 16.3 Å². The van der Waals surface area contributed by atoms with Crippen molar-refractivity contribution in [1.82, 2.24) is 10.2 Å². The van der Waals surface area contributed by atoms with E-state index in [0.717, 1.165) is 10.9 Å². The van der Waals surface area contributed by atoms with Gasteiger partial charge in [-0.15, -0.1) is 0 Å². The minimum absolute atomic E-state index is 0.442. The Morgan fingerprint density at radius 1 is 1.44 bits per heavy atom. The van der Waals surface area contributed by atoms with Crippen LogP contribution in [0.3, 0.4) is 0 Å². The van der Waals surface area contributed by atoms with Gasteiger partial charge in [-0.3, -0.25) is 10.4 Å². The van der Waals surface area contributed by atoms with Crippen LogP contribution in [-0.2, 0) is 4.74 Å². The van der Waals surface area contributed by atoms with Gasteiger partial charge in [-0.2, -0.15) is 5.10 Å². The van der Waals surface area contributed by atoms with Crippen LogP contribution in [0, 0.1) is 0 Å². The van der Waals surface area contributed by atoms with Gasteiger partial charge in [0.05, 0.1) is 5.52 Å². The van der Waals surface area contributed by atoms with Gasteiger partial charge in [-0.05, 0) is 39.0 Å². The van der Waals surface area contributed by atoms with E-state index in [9.17, 15) is 4.79 Å². The van der Waals surface area contributed by atoms with Gasteiger partial charge in [0.2, 0.25) is 0 Å². The molecular formula is C12H14ClN3O2. The summed E-state index contributed by atoms with van der Waals surface area (Å²) in [5.74, 6) is 0. The molecule has 0 aliphatic heterocycles. The van der Waals surface area contributed by atoms with Gasteiger partial charge in [0.1, 0.15) is 10.8 Å². The molecule has 96 valence electrons. The number of hydrogen-bond donors (Lipinski definition) is 2. The lowest BCUT2D eigenvalue weighted by atomic mass is 10.2. The van der Waals surface area contributed by atoms with E-state index in [1.54, 1.807) is 18.2 Å². The largest absolute Gasteiger partial charge is 0.444 e. The zero-order valence-electron chi connectivity index (χ0n) is 10.4. The minimum atomic E-state index is -0.526. The number of nitrogens with zero attached hydrogens (tertiary/aromatic N) is 1. The maximum Gasteiger partial charge on any atom is 0.412 e. The minimum Gasteiger partial charge on any atom is -0.444 e. The number of nitrogens with one attached hydrogen (secondary N) is 2. The standard InChI is InChI=1S/C12H14ClN3O2/c1-12(2,3)18-11(17)14-7-4-5-9-8(6-7)10(13)16-15-9/h4-6H,1-3H3,(H,14,17)(H,15,16). The molecule has 1 aromatic heterocycles. The van der Waals surface area contributed by atoms with Crippen molar-refractivity contribution in [1.29, 1.82) is 0 Å². The van der Waals surface area contributed by atoms with E-state index in [1.165, 1.54) is 0 Å². The van der Waals surface area contributed by atoms with Crippen LogP contribution in [0.4, 0.5) is 10.5 Å². The van der Waals surface area contributed by atoms with Gasteiger partial charge in [0.15, 0.2) is 0 Å². The zero-order valence-corrected chi connectivity index (χ0v) is 11.1. The van der Waals surface area contributed by atoms with Gasteiger partial charge in [0, 0.05) is 11.1 Å². The number of amides is 1. The smallest absolute Gasteiger partial charge is 0.412 e. The second kappa shape index (κ2) is 4.49. The Labute approximate surface area is 109 Å². The Morgan fingerprint density at radius 2 is 2.17 bits per heavy atom. The lowest BCUT2D eigenvalue weighted by molar-refractivity contribution is 0.0636. The number of rotatable bonds is 1. The fourth-order valence-corrected chi connectivity index (χ4v) is 1.67. The Hall–Kier alpha value is -1.75. The Kier molecular flexibility index (Phi) is 3.17. The number of fused-ring (bicyclic) bond motifs is 1. The monoisotopic (exact) mass is 267 g/mol. The third-order valence-corrected chi connectivity index (χ3v) is 2.44. The fraction of sp³-hybridized carbons (Fsp3) is 0.333. The van der Waals surface area contributed by atoms with E-state index in [-0.39, 0.29) is 0 Å². The van der Waals surface area contributed by atoms with Gasteiger partial charge in [0.25, 0.3) is 0 Å². The molecule has 2 rings (SSSR count). The van der Waals surface area contributed by atoms with Crippen molar-refractivity contribution in [3.05, 3.63) is 23.4 Å². The molecule has 5 nitrogen and oxygen atoms in total. The highest BCUT2D eigenvalue weighted by molar-refractivity contribution is 6.34. The number of carbonyl (C=O) groups excluding carboxylic acids is 1. The van der Waals surface area contributed by atoms with Crippen molar-refractivity contribution < 1.29 is 9.53 Å². The highest BCUT2D eigenvalue weighted by Gasteiger charge is 2.16. The van der Waals surface area contributed by atoms with Gasteiger partial charge < -0.3 is 4.74 Å². The molecular weight excluding hydrogens is 254 g/mol. The van der Waals surface area contributed by atoms with E-state index >= 15 is 0 Å². The summed E-state index contributed by atoms with van der Waals surface area (Å²) in [5, 5.41) is 10.5. The maximum absolute atomic E-state index is 11.6. The summed E-state index contributed by atoms with van der Waals surface area (Å²) < 4.78 is 5.16. The summed E-state index contributed by atoms with van der Waals surface area (Å²) in [4.78, 5) is 11.6. The highest BCUT2D eigenvalue weighted by atomic mass is 35.5. The molecule has 1 aromatic carbocycles. The number of benzene rings is 1. The fourth-order valence-electron chi connectivity index (χ4n) is 1.48. The van der Waals surface area contributed by atoms with Crippen molar-refractivity contribution in [3.8, 4) is 0 Å². The van der Waals surface area contributed by atoms with Crippen LogP contribution < -0.4 is 5.32 Å². The van der Waals surface area contributed by atoms with Crippen LogP contribution in [0.2, 0.25) is 5.15 Å². The third kappa shape index (κ3) is 2.92. The molecule has 0 saturated carbocycles. The third-order valence-electron chi connectivity index (χ3n) is 2.15. The first-order valence-corrected chi connectivity index (χ1v) is 5.86. The number of ether oxygens (including phenoxy) is 1. The Morgan fingerprint density at radius 3 is 2.83 bits per heavy atom. The van der Waals surface area contributed by atoms with Crippen molar-refractivity contribution in [2.24, 2.45) is 0 Å². The average molecular weight is 268 g/mol. The van der Waals surface area contributed by atoms with E-state index in [1.807, 2.05) is 20.8 Å². The maximum atomic E-state index is 11.6. The number of H-pyrrole nitrogens is 1.